The minimum absolute atomic E-state index is 0.177. The van der Waals surface area contributed by atoms with Crippen molar-refractivity contribution in [2.45, 2.75) is 46.2 Å². The molecule has 2 unspecified atom stereocenters. The molecule has 14 heavy (non-hydrogen) atoms. The molecule has 2 atom stereocenters. The first-order valence-electron chi connectivity index (χ1n) is 5.27. The zero-order valence-electron chi connectivity index (χ0n) is 9.18. The highest BCUT2D eigenvalue weighted by molar-refractivity contribution is 5.70. The molecule has 1 aliphatic rings. The predicted octanol–water partition coefficient (Wildman–Crippen LogP) is 2.71. The standard InChI is InChI=1S/C11H19FO2/c1-4-5-9(12)8-6-10(13)14-7-11(8,2)3/h8-9H,4-7H2,1-3H3. The van der Waals surface area contributed by atoms with E-state index in [4.69, 9.17) is 4.74 Å². The topological polar surface area (TPSA) is 26.3 Å². The number of esters is 1. The second-order valence-electron chi connectivity index (χ2n) is 4.76. The Morgan fingerprint density at radius 3 is 2.86 bits per heavy atom. The molecule has 0 aliphatic carbocycles. The first-order chi connectivity index (χ1) is 6.47. The van der Waals surface area contributed by atoms with Crippen LogP contribution in [-0.2, 0) is 9.53 Å². The Morgan fingerprint density at radius 1 is 1.64 bits per heavy atom. The Labute approximate surface area is 84.8 Å². The SMILES string of the molecule is CCCC(F)C1CC(=O)OCC1(C)C. The molecule has 0 N–H and O–H groups in total. The van der Waals surface area contributed by atoms with E-state index in [2.05, 4.69) is 0 Å². The molecule has 82 valence electrons. The second kappa shape index (κ2) is 4.28. The molecule has 0 aromatic heterocycles. The summed E-state index contributed by atoms with van der Waals surface area (Å²) in [6.07, 6.45) is 0.723. The molecule has 1 heterocycles. The Morgan fingerprint density at radius 2 is 2.29 bits per heavy atom. The summed E-state index contributed by atoms with van der Waals surface area (Å²) in [6, 6.07) is 0. The van der Waals surface area contributed by atoms with Crippen molar-refractivity contribution in [3.05, 3.63) is 0 Å². The summed E-state index contributed by atoms with van der Waals surface area (Å²) in [6.45, 7) is 6.24. The van der Waals surface area contributed by atoms with Gasteiger partial charge in [-0.1, -0.05) is 27.2 Å². The first-order valence-corrected chi connectivity index (χ1v) is 5.27. The van der Waals surface area contributed by atoms with Crippen molar-refractivity contribution in [1.29, 1.82) is 0 Å². The summed E-state index contributed by atoms with van der Waals surface area (Å²) in [5, 5.41) is 0. The lowest BCUT2D eigenvalue weighted by atomic mass is 9.73. The van der Waals surface area contributed by atoms with Crippen LogP contribution >= 0.6 is 0 Å². The third-order valence-corrected chi connectivity index (χ3v) is 3.00. The van der Waals surface area contributed by atoms with Crippen molar-refractivity contribution in [1.82, 2.24) is 0 Å². The van der Waals surface area contributed by atoms with Crippen molar-refractivity contribution in [3.63, 3.8) is 0 Å². The van der Waals surface area contributed by atoms with Gasteiger partial charge in [0.15, 0.2) is 0 Å². The molecule has 3 heteroatoms. The van der Waals surface area contributed by atoms with Crippen LogP contribution in [0.25, 0.3) is 0 Å². The number of rotatable bonds is 3. The van der Waals surface area contributed by atoms with E-state index in [0.29, 0.717) is 13.0 Å². The van der Waals surface area contributed by atoms with Crippen LogP contribution in [0.2, 0.25) is 0 Å². The highest BCUT2D eigenvalue weighted by atomic mass is 19.1. The maximum Gasteiger partial charge on any atom is 0.306 e. The summed E-state index contributed by atoms with van der Waals surface area (Å²) < 4.78 is 18.7. The lowest BCUT2D eigenvalue weighted by Crippen LogP contribution is -2.42. The monoisotopic (exact) mass is 202 g/mol. The third kappa shape index (κ3) is 2.46. The largest absolute Gasteiger partial charge is 0.465 e. The molecular weight excluding hydrogens is 183 g/mol. The van der Waals surface area contributed by atoms with Crippen LogP contribution in [0.1, 0.15) is 40.0 Å². The molecule has 2 nitrogen and oxygen atoms in total. The number of hydrogen-bond donors (Lipinski definition) is 0. The molecule has 0 aromatic carbocycles. The van der Waals surface area contributed by atoms with Gasteiger partial charge in [-0.2, -0.15) is 0 Å². The minimum Gasteiger partial charge on any atom is -0.465 e. The molecule has 1 fully saturated rings. The molecule has 0 amide bonds. The van der Waals surface area contributed by atoms with Crippen LogP contribution in [0.3, 0.4) is 0 Å². The number of alkyl halides is 1. The van der Waals surface area contributed by atoms with Gasteiger partial charge in [-0.25, -0.2) is 4.39 Å². The highest BCUT2D eigenvalue weighted by Crippen LogP contribution is 2.38. The fraction of sp³-hybridized carbons (Fsp3) is 0.909. The maximum atomic E-state index is 13.8. The number of halogens is 1. The van der Waals surface area contributed by atoms with Crippen LogP contribution in [-0.4, -0.2) is 18.7 Å². The van der Waals surface area contributed by atoms with Gasteiger partial charge >= 0.3 is 5.97 Å². The van der Waals surface area contributed by atoms with Gasteiger partial charge in [-0.15, -0.1) is 0 Å². The summed E-state index contributed by atoms with van der Waals surface area (Å²) in [5.74, 6) is -0.434. The smallest absolute Gasteiger partial charge is 0.306 e. The van der Waals surface area contributed by atoms with E-state index in [1.807, 2.05) is 20.8 Å². The number of cyclic esters (lactones) is 1. The van der Waals surface area contributed by atoms with Crippen molar-refractivity contribution in [3.8, 4) is 0 Å². The molecule has 1 saturated heterocycles. The van der Waals surface area contributed by atoms with Crippen molar-refractivity contribution in [2.24, 2.45) is 11.3 Å². The Kier molecular flexibility index (Phi) is 3.51. The second-order valence-corrected chi connectivity index (χ2v) is 4.76. The summed E-state index contributed by atoms with van der Waals surface area (Å²) in [4.78, 5) is 11.1. The van der Waals surface area contributed by atoms with Gasteiger partial charge in [-0.05, 0) is 6.42 Å². The van der Waals surface area contributed by atoms with Crippen LogP contribution in [0.15, 0.2) is 0 Å². The fourth-order valence-corrected chi connectivity index (χ4v) is 1.98. The fourth-order valence-electron chi connectivity index (χ4n) is 1.98. The predicted molar refractivity (Wildman–Crippen MR) is 52.7 cm³/mol. The minimum atomic E-state index is -0.872. The number of ether oxygens (including phenoxy) is 1. The van der Waals surface area contributed by atoms with Gasteiger partial charge in [0.05, 0.1) is 13.0 Å². The molecule has 0 aromatic rings. The Bertz CT molecular complexity index is 213. The van der Waals surface area contributed by atoms with Crippen LogP contribution in [0.5, 0.6) is 0 Å². The molecule has 0 radical (unpaired) electrons. The van der Waals surface area contributed by atoms with Gasteiger partial charge in [0.1, 0.15) is 6.17 Å². The van der Waals surface area contributed by atoms with Crippen LogP contribution in [0, 0.1) is 11.3 Å². The Balaban J connectivity index is 2.66. The van der Waals surface area contributed by atoms with Gasteiger partial charge in [0.25, 0.3) is 0 Å². The lowest BCUT2D eigenvalue weighted by Gasteiger charge is -2.39. The average molecular weight is 202 g/mol. The molecule has 1 aliphatic heterocycles. The van der Waals surface area contributed by atoms with E-state index in [0.717, 1.165) is 6.42 Å². The molecular formula is C11H19FO2. The van der Waals surface area contributed by atoms with Crippen molar-refractivity contribution in [2.75, 3.05) is 6.61 Å². The summed E-state index contributed by atoms with van der Waals surface area (Å²) in [7, 11) is 0. The molecule has 0 saturated carbocycles. The van der Waals surface area contributed by atoms with Gasteiger partial charge in [0, 0.05) is 11.3 Å². The normalized spacial score (nSPS) is 28.3. The van der Waals surface area contributed by atoms with E-state index >= 15 is 0 Å². The van der Waals surface area contributed by atoms with Gasteiger partial charge < -0.3 is 4.74 Å². The molecule has 1 rings (SSSR count). The summed E-state index contributed by atoms with van der Waals surface area (Å²) >= 11 is 0. The van der Waals surface area contributed by atoms with Gasteiger partial charge in [-0.3, -0.25) is 4.79 Å². The van der Waals surface area contributed by atoms with E-state index in [-0.39, 0.29) is 23.7 Å². The summed E-state index contributed by atoms with van der Waals surface area (Å²) in [5.41, 5.74) is -0.220. The van der Waals surface area contributed by atoms with Crippen molar-refractivity contribution >= 4 is 5.97 Å². The molecule has 0 spiro atoms. The maximum absolute atomic E-state index is 13.8. The lowest BCUT2D eigenvalue weighted by molar-refractivity contribution is -0.161. The quantitative estimate of drug-likeness (QED) is 0.658. The van der Waals surface area contributed by atoms with E-state index in [1.54, 1.807) is 0 Å². The Hall–Kier alpha value is -0.600. The number of carbonyl (C=O) groups excluding carboxylic acids is 1. The van der Waals surface area contributed by atoms with Crippen molar-refractivity contribution < 1.29 is 13.9 Å². The van der Waals surface area contributed by atoms with E-state index in [1.165, 1.54) is 0 Å². The first kappa shape index (κ1) is 11.5. The zero-order valence-corrected chi connectivity index (χ0v) is 9.18. The average Bonchev–Trinajstić information content (AvgIpc) is 2.10. The highest BCUT2D eigenvalue weighted by Gasteiger charge is 2.41. The molecule has 0 bridgehead atoms. The van der Waals surface area contributed by atoms with E-state index in [9.17, 15) is 9.18 Å². The van der Waals surface area contributed by atoms with Gasteiger partial charge in [0.2, 0.25) is 0 Å². The number of hydrogen-bond acceptors (Lipinski definition) is 2. The number of carbonyl (C=O) groups is 1. The van der Waals surface area contributed by atoms with Crippen LogP contribution < -0.4 is 0 Å². The van der Waals surface area contributed by atoms with E-state index < -0.39 is 6.17 Å². The van der Waals surface area contributed by atoms with Crippen LogP contribution in [0.4, 0.5) is 4.39 Å². The zero-order chi connectivity index (χ0) is 10.8. The third-order valence-electron chi connectivity index (χ3n) is 3.00.